The van der Waals surface area contributed by atoms with Crippen molar-refractivity contribution in [3.8, 4) is 0 Å². The minimum absolute atomic E-state index is 0.0537. The third-order valence-corrected chi connectivity index (χ3v) is 2.69. The molecule has 0 saturated carbocycles. The van der Waals surface area contributed by atoms with Gasteiger partial charge in [0.05, 0.1) is 6.20 Å². The van der Waals surface area contributed by atoms with Crippen LogP contribution in [0, 0.1) is 5.41 Å². The number of aromatic nitrogens is 3. The van der Waals surface area contributed by atoms with Gasteiger partial charge in [0.1, 0.15) is 10.7 Å². The lowest BCUT2D eigenvalue weighted by atomic mass is 9.90. The second-order valence-corrected chi connectivity index (χ2v) is 5.79. The molecule has 0 fully saturated rings. The van der Waals surface area contributed by atoms with Crippen LogP contribution in [-0.4, -0.2) is 25.7 Å². The topological polar surface area (TPSA) is 67.5 Å². The van der Waals surface area contributed by atoms with Gasteiger partial charge in [0, 0.05) is 5.69 Å². The van der Waals surface area contributed by atoms with Gasteiger partial charge in [-0.15, -0.1) is 0 Å². The molecule has 0 bridgehead atoms. The van der Waals surface area contributed by atoms with Crippen molar-refractivity contribution in [2.45, 2.75) is 27.2 Å². The second kappa shape index (κ2) is 4.24. The Morgan fingerprint density at radius 3 is 2.72 bits per heavy atom. The van der Waals surface area contributed by atoms with Gasteiger partial charge in [0.25, 0.3) is 0 Å². The van der Waals surface area contributed by atoms with Crippen LogP contribution in [0.5, 0.6) is 0 Å². The third-order valence-electron chi connectivity index (χ3n) is 2.42. The predicted molar refractivity (Wildman–Crippen MR) is 68.1 cm³/mol. The van der Waals surface area contributed by atoms with Crippen molar-refractivity contribution in [1.29, 1.82) is 0 Å². The van der Waals surface area contributed by atoms with Crippen LogP contribution < -0.4 is 0 Å². The van der Waals surface area contributed by atoms with Gasteiger partial charge in [-0.2, -0.15) is 5.10 Å². The van der Waals surface area contributed by atoms with Crippen molar-refractivity contribution < 1.29 is 9.90 Å². The van der Waals surface area contributed by atoms with Crippen LogP contribution in [-0.2, 0) is 6.42 Å². The van der Waals surface area contributed by atoms with E-state index < -0.39 is 5.97 Å². The average molecular weight is 268 g/mol. The number of nitrogens with zero attached hydrogens (tertiary/aromatic N) is 3. The van der Waals surface area contributed by atoms with E-state index in [2.05, 4.69) is 30.9 Å². The van der Waals surface area contributed by atoms with E-state index >= 15 is 0 Å². The minimum Gasteiger partial charge on any atom is -0.477 e. The zero-order valence-corrected chi connectivity index (χ0v) is 11.2. The molecule has 96 valence electrons. The van der Waals surface area contributed by atoms with Crippen LogP contribution in [0.4, 0.5) is 0 Å². The monoisotopic (exact) mass is 267 g/mol. The van der Waals surface area contributed by atoms with E-state index in [1.165, 1.54) is 10.7 Å². The first-order valence-electron chi connectivity index (χ1n) is 5.54. The molecular weight excluding hydrogens is 254 g/mol. The fourth-order valence-electron chi connectivity index (χ4n) is 1.76. The summed E-state index contributed by atoms with van der Waals surface area (Å²) in [5.74, 6) is -1.05. The highest BCUT2D eigenvalue weighted by molar-refractivity contribution is 6.29. The molecule has 18 heavy (non-hydrogen) atoms. The summed E-state index contributed by atoms with van der Waals surface area (Å²) in [6.07, 6.45) is 1.98. The van der Waals surface area contributed by atoms with Crippen molar-refractivity contribution in [3.63, 3.8) is 0 Å². The SMILES string of the molecule is CC(C)(C)Cc1cc(Cl)n2ncc(C(=O)O)c2n1. The second-order valence-electron chi connectivity index (χ2n) is 5.41. The molecule has 0 atom stereocenters. The van der Waals surface area contributed by atoms with Crippen LogP contribution in [0.3, 0.4) is 0 Å². The van der Waals surface area contributed by atoms with Gasteiger partial charge in [-0.1, -0.05) is 32.4 Å². The summed E-state index contributed by atoms with van der Waals surface area (Å²) in [6, 6.07) is 1.72. The first-order valence-corrected chi connectivity index (χ1v) is 5.92. The Labute approximate surface area is 109 Å². The first kappa shape index (κ1) is 12.8. The van der Waals surface area contributed by atoms with Gasteiger partial charge in [0.2, 0.25) is 0 Å². The zero-order valence-electron chi connectivity index (χ0n) is 10.4. The molecule has 0 unspecified atom stereocenters. The molecule has 0 aliphatic heterocycles. The molecular formula is C12H14ClN3O2. The summed E-state index contributed by atoms with van der Waals surface area (Å²) in [6.45, 7) is 6.25. The Kier molecular flexibility index (Phi) is 3.02. The Morgan fingerprint density at radius 2 is 2.17 bits per heavy atom. The molecule has 0 aliphatic carbocycles. The highest BCUT2D eigenvalue weighted by atomic mass is 35.5. The molecule has 0 amide bonds. The quantitative estimate of drug-likeness (QED) is 0.850. The highest BCUT2D eigenvalue weighted by Gasteiger charge is 2.18. The summed E-state index contributed by atoms with van der Waals surface area (Å²) in [7, 11) is 0. The number of hydrogen-bond donors (Lipinski definition) is 1. The van der Waals surface area contributed by atoms with Crippen molar-refractivity contribution >= 4 is 23.2 Å². The van der Waals surface area contributed by atoms with Crippen molar-refractivity contribution in [3.05, 3.63) is 28.7 Å². The van der Waals surface area contributed by atoms with Gasteiger partial charge in [-0.05, 0) is 17.9 Å². The maximum Gasteiger partial charge on any atom is 0.341 e. The number of carboxylic acids is 1. The number of halogens is 1. The summed E-state index contributed by atoms with van der Waals surface area (Å²) < 4.78 is 1.33. The number of rotatable bonds is 2. The number of carboxylic acid groups (broad SMARTS) is 1. The molecule has 0 aromatic carbocycles. The zero-order chi connectivity index (χ0) is 13.5. The molecule has 6 heteroatoms. The lowest BCUT2D eigenvalue weighted by Crippen LogP contribution is -2.11. The Morgan fingerprint density at radius 1 is 1.50 bits per heavy atom. The molecule has 2 heterocycles. The molecule has 0 aliphatic rings. The van der Waals surface area contributed by atoms with Crippen molar-refractivity contribution in [1.82, 2.24) is 14.6 Å². The molecule has 2 rings (SSSR count). The standard InChI is InChI=1S/C12H14ClN3O2/c1-12(2,3)5-7-4-9(13)16-10(15-7)8(6-14-16)11(17)18/h4,6H,5H2,1-3H3,(H,17,18). The van der Waals surface area contributed by atoms with E-state index in [4.69, 9.17) is 16.7 Å². The van der Waals surface area contributed by atoms with Crippen LogP contribution in [0.1, 0.15) is 36.8 Å². The maximum absolute atomic E-state index is 11.0. The number of carbonyl (C=O) groups is 1. The normalized spacial score (nSPS) is 12.0. The minimum atomic E-state index is -1.05. The van der Waals surface area contributed by atoms with E-state index in [0.29, 0.717) is 11.6 Å². The molecule has 0 radical (unpaired) electrons. The third kappa shape index (κ3) is 2.46. The average Bonchev–Trinajstić information content (AvgIpc) is 2.58. The Hall–Kier alpha value is -1.62. The molecule has 5 nitrogen and oxygen atoms in total. The van der Waals surface area contributed by atoms with Crippen molar-refractivity contribution in [2.24, 2.45) is 5.41 Å². The number of fused-ring (bicyclic) bond motifs is 1. The fourth-order valence-corrected chi connectivity index (χ4v) is 2.01. The van der Waals surface area contributed by atoms with Gasteiger partial charge in [-0.3, -0.25) is 0 Å². The molecule has 2 aromatic heterocycles. The van der Waals surface area contributed by atoms with Crippen LogP contribution in [0.15, 0.2) is 12.3 Å². The lowest BCUT2D eigenvalue weighted by molar-refractivity contribution is 0.0699. The van der Waals surface area contributed by atoms with Crippen LogP contribution in [0.2, 0.25) is 5.15 Å². The van der Waals surface area contributed by atoms with Gasteiger partial charge < -0.3 is 5.11 Å². The van der Waals surface area contributed by atoms with Gasteiger partial charge in [-0.25, -0.2) is 14.3 Å². The number of hydrogen-bond acceptors (Lipinski definition) is 3. The van der Waals surface area contributed by atoms with Gasteiger partial charge in [0.15, 0.2) is 5.65 Å². The van der Waals surface area contributed by atoms with E-state index in [9.17, 15) is 4.79 Å². The lowest BCUT2D eigenvalue weighted by Gasteiger charge is -2.17. The molecule has 1 N–H and O–H groups in total. The van der Waals surface area contributed by atoms with Crippen LogP contribution in [0.25, 0.3) is 5.65 Å². The van der Waals surface area contributed by atoms with Gasteiger partial charge >= 0.3 is 5.97 Å². The van der Waals surface area contributed by atoms with E-state index in [1.54, 1.807) is 6.07 Å². The predicted octanol–water partition coefficient (Wildman–Crippen LogP) is 2.67. The number of aromatic carboxylic acids is 1. The Balaban J connectivity index is 2.59. The van der Waals surface area contributed by atoms with Crippen LogP contribution >= 0.6 is 11.6 Å². The molecule has 2 aromatic rings. The Bertz CT molecular complexity index is 614. The van der Waals surface area contributed by atoms with E-state index in [1.807, 2.05) is 0 Å². The van der Waals surface area contributed by atoms with E-state index in [0.717, 1.165) is 5.69 Å². The fraction of sp³-hybridized carbons (Fsp3) is 0.417. The molecule has 0 spiro atoms. The largest absolute Gasteiger partial charge is 0.477 e. The summed E-state index contributed by atoms with van der Waals surface area (Å²) in [5.41, 5.74) is 1.17. The highest BCUT2D eigenvalue weighted by Crippen LogP contribution is 2.23. The summed E-state index contributed by atoms with van der Waals surface area (Å²) >= 11 is 6.08. The smallest absolute Gasteiger partial charge is 0.341 e. The van der Waals surface area contributed by atoms with Crippen molar-refractivity contribution in [2.75, 3.05) is 0 Å². The summed E-state index contributed by atoms with van der Waals surface area (Å²) in [4.78, 5) is 15.4. The van der Waals surface area contributed by atoms with E-state index in [-0.39, 0.29) is 16.6 Å². The first-order chi connectivity index (χ1) is 8.28. The molecule has 0 saturated heterocycles. The summed E-state index contributed by atoms with van der Waals surface area (Å²) in [5, 5.41) is 13.3. The maximum atomic E-state index is 11.0.